The second-order valence-corrected chi connectivity index (χ2v) is 4.13. The van der Waals surface area contributed by atoms with E-state index in [2.05, 4.69) is 5.32 Å². The van der Waals surface area contributed by atoms with Crippen LogP contribution in [0.25, 0.3) is 0 Å². The van der Waals surface area contributed by atoms with Gasteiger partial charge >= 0.3 is 5.97 Å². The van der Waals surface area contributed by atoms with Crippen molar-refractivity contribution in [2.45, 2.75) is 0 Å². The topological polar surface area (TPSA) is 102 Å². The van der Waals surface area contributed by atoms with Crippen LogP contribution in [0, 0.1) is 0 Å². The van der Waals surface area contributed by atoms with Crippen molar-refractivity contribution in [1.29, 1.82) is 0 Å². The van der Waals surface area contributed by atoms with Crippen LogP contribution in [0.4, 0.5) is 0 Å². The fourth-order valence-corrected chi connectivity index (χ4v) is 1.74. The van der Waals surface area contributed by atoms with Crippen LogP contribution in [0.15, 0.2) is 18.2 Å². The van der Waals surface area contributed by atoms with Gasteiger partial charge in [-0.25, -0.2) is 4.79 Å². The van der Waals surface area contributed by atoms with Gasteiger partial charge in [0.15, 0.2) is 5.78 Å². The predicted octanol–water partition coefficient (Wildman–Crippen LogP) is 0.0927. The zero-order valence-electron chi connectivity index (χ0n) is 10.5. The Hall–Kier alpha value is -2.41. The number of nitrogens with one attached hydrogen (secondary N) is 1. The number of hydrogen-bond donors (Lipinski definition) is 2. The molecule has 0 bridgehead atoms. The third kappa shape index (κ3) is 3.33. The smallest absolute Gasteiger partial charge is 0.329 e. The summed E-state index contributed by atoms with van der Waals surface area (Å²) in [4.78, 5) is 33.9. The molecule has 0 radical (unpaired) electrons. The summed E-state index contributed by atoms with van der Waals surface area (Å²) >= 11 is 0. The first kappa shape index (κ1) is 14.0. The Morgan fingerprint density at radius 1 is 1.35 bits per heavy atom. The number of aliphatic carboxylic acids is 1. The molecule has 0 unspecified atom stereocenters. The SMILES string of the molecule is O=C(O)COCC(=O)c1ccc2c(c1)C(=O)NCCO2. The summed E-state index contributed by atoms with van der Waals surface area (Å²) in [5.74, 6) is -1.43. The van der Waals surface area contributed by atoms with Gasteiger partial charge in [-0.3, -0.25) is 9.59 Å². The molecule has 106 valence electrons. The van der Waals surface area contributed by atoms with Gasteiger partial charge in [0, 0.05) is 5.56 Å². The van der Waals surface area contributed by atoms with E-state index in [-0.39, 0.29) is 23.6 Å². The number of amides is 1. The van der Waals surface area contributed by atoms with E-state index in [0.717, 1.165) is 0 Å². The van der Waals surface area contributed by atoms with Crippen molar-refractivity contribution >= 4 is 17.7 Å². The number of Topliss-reactive ketones (excluding diaryl/α,β-unsaturated/α-hetero) is 1. The summed E-state index contributed by atoms with van der Waals surface area (Å²) in [7, 11) is 0. The number of ether oxygens (including phenoxy) is 2. The number of benzene rings is 1. The quantitative estimate of drug-likeness (QED) is 0.741. The van der Waals surface area contributed by atoms with Crippen molar-refractivity contribution in [3.63, 3.8) is 0 Å². The molecule has 0 saturated heterocycles. The van der Waals surface area contributed by atoms with Gasteiger partial charge in [0.1, 0.15) is 25.6 Å². The molecule has 1 aromatic rings. The van der Waals surface area contributed by atoms with Crippen LogP contribution in [-0.4, -0.2) is 49.1 Å². The minimum absolute atomic E-state index is 0.273. The highest BCUT2D eigenvalue weighted by Crippen LogP contribution is 2.22. The Kier molecular flexibility index (Phi) is 4.31. The maximum Gasteiger partial charge on any atom is 0.329 e. The Morgan fingerprint density at radius 3 is 2.90 bits per heavy atom. The molecule has 0 aromatic heterocycles. The number of ketones is 1. The van der Waals surface area contributed by atoms with Gasteiger partial charge in [0.2, 0.25) is 0 Å². The van der Waals surface area contributed by atoms with Crippen LogP contribution in [0.1, 0.15) is 20.7 Å². The zero-order valence-corrected chi connectivity index (χ0v) is 10.5. The molecule has 1 aromatic carbocycles. The van der Waals surface area contributed by atoms with Crippen LogP contribution < -0.4 is 10.1 Å². The lowest BCUT2D eigenvalue weighted by Crippen LogP contribution is -2.24. The number of carboxylic acid groups (broad SMARTS) is 1. The summed E-state index contributed by atoms with van der Waals surface area (Å²) < 4.78 is 10.1. The molecule has 1 aliphatic heterocycles. The summed E-state index contributed by atoms with van der Waals surface area (Å²) in [6, 6.07) is 4.48. The Balaban J connectivity index is 2.11. The molecular formula is C13H13NO6. The summed E-state index contributed by atoms with van der Waals surface area (Å²) in [5.41, 5.74) is 0.557. The van der Waals surface area contributed by atoms with E-state index < -0.39 is 18.4 Å². The molecule has 0 atom stereocenters. The van der Waals surface area contributed by atoms with Gasteiger partial charge in [0.25, 0.3) is 5.91 Å². The van der Waals surface area contributed by atoms with Gasteiger partial charge < -0.3 is 19.9 Å². The van der Waals surface area contributed by atoms with Crippen LogP contribution in [-0.2, 0) is 9.53 Å². The molecular weight excluding hydrogens is 266 g/mol. The standard InChI is InChI=1S/C13H13NO6/c15-10(6-19-7-12(16)17)8-1-2-11-9(5-8)13(18)14-3-4-20-11/h1-2,5H,3-4,6-7H2,(H,14,18)(H,16,17). The van der Waals surface area contributed by atoms with Crippen molar-refractivity contribution in [2.75, 3.05) is 26.4 Å². The van der Waals surface area contributed by atoms with Crippen LogP contribution in [0.5, 0.6) is 5.75 Å². The van der Waals surface area contributed by atoms with Crippen molar-refractivity contribution in [1.82, 2.24) is 5.32 Å². The monoisotopic (exact) mass is 279 g/mol. The van der Waals surface area contributed by atoms with Gasteiger partial charge in [0.05, 0.1) is 12.1 Å². The maximum atomic E-state index is 11.8. The third-order valence-electron chi connectivity index (χ3n) is 2.65. The fourth-order valence-electron chi connectivity index (χ4n) is 1.74. The van der Waals surface area contributed by atoms with E-state index in [0.29, 0.717) is 18.9 Å². The summed E-state index contributed by atoms with van der Waals surface area (Å²) in [6.45, 7) is -0.125. The molecule has 1 heterocycles. The Bertz CT molecular complexity index is 554. The normalized spacial score (nSPS) is 13.7. The Morgan fingerprint density at radius 2 is 2.15 bits per heavy atom. The van der Waals surface area contributed by atoms with Gasteiger partial charge in [-0.15, -0.1) is 0 Å². The van der Waals surface area contributed by atoms with E-state index >= 15 is 0 Å². The molecule has 1 amide bonds. The number of carbonyl (C=O) groups is 3. The van der Waals surface area contributed by atoms with Crippen LogP contribution in [0.2, 0.25) is 0 Å². The first-order chi connectivity index (χ1) is 9.58. The summed E-state index contributed by atoms with van der Waals surface area (Å²) in [5, 5.41) is 11.1. The zero-order chi connectivity index (χ0) is 14.5. The van der Waals surface area contributed by atoms with E-state index in [1.807, 2.05) is 0 Å². The number of carboxylic acids is 1. The first-order valence-electron chi connectivity index (χ1n) is 5.95. The molecule has 2 rings (SSSR count). The maximum absolute atomic E-state index is 11.8. The average Bonchev–Trinajstić information content (AvgIpc) is 2.60. The average molecular weight is 279 g/mol. The van der Waals surface area contributed by atoms with E-state index in [1.165, 1.54) is 12.1 Å². The number of fused-ring (bicyclic) bond motifs is 1. The molecule has 7 nitrogen and oxygen atoms in total. The van der Waals surface area contributed by atoms with Crippen molar-refractivity contribution in [3.05, 3.63) is 29.3 Å². The first-order valence-corrected chi connectivity index (χ1v) is 5.95. The third-order valence-corrected chi connectivity index (χ3v) is 2.65. The van der Waals surface area contributed by atoms with E-state index in [4.69, 9.17) is 14.6 Å². The number of hydrogen-bond acceptors (Lipinski definition) is 5. The minimum Gasteiger partial charge on any atom is -0.491 e. The van der Waals surface area contributed by atoms with Gasteiger partial charge in [-0.05, 0) is 18.2 Å². The molecule has 0 saturated carbocycles. The van der Waals surface area contributed by atoms with Crippen molar-refractivity contribution in [3.8, 4) is 5.75 Å². The van der Waals surface area contributed by atoms with Crippen LogP contribution in [0.3, 0.4) is 0 Å². The minimum atomic E-state index is -1.15. The predicted molar refractivity (Wildman–Crippen MR) is 67.1 cm³/mol. The number of carbonyl (C=O) groups excluding carboxylic acids is 2. The van der Waals surface area contributed by atoms with Crippen molar-refractivity contribution in [2.24, 2.45) is 0 Å². The highest BCUT2D eigenvalue weighted by molar-refractivity contribution is 6.02. The lowest BCUT2D eigenvalue weighted by Gasteiger charge is -2.07. The lowest BCUT2D eigenvalue weighted by molar-refractivity contribution is -0.141. The van der Waals surface area contributed by atoms with Gasteiger partial charge in [-0.2, -0.15) is 0 Å². The molecule has 0 aliphatic carbocycles. The van der Waals surface area contributed by atoms with E-state index in [1.54, 1.807) is 6.07 Å². The van der Waals surface area contributed by atoms with Crippen molar-refractivity contribution < 1.29 is 29.0 Å². The fraction of sp³-hybridized carbons (Fsp3) is 0.308. The lowest BCUT2D eigenvalue weighted by atomic mass is 10.1. The Labute approximate surface area is 114 Å². The molecule has 1 aliphatic rings. The molecule has 0 spiro atoms. The molecule has 0 fully saturated rings. The molecule has 2 N–H and O–H groups in total. The highest BCUT2D eigenvalue weighted by Gasteiger charge is 2.18. The number of rotatable bonds is 5. The van der Waals surface area contributed by atoms with Crippen LogP contribution >= 0.6 is 0 Å². The second kappa shape index (κ2) is 6.16. The molecule has 7 heteroatoms. The van der Waals surface area contributed by atoms with E-state index in [9.17, 15) is 14.4 Å². The molecule has 20 heavy (non-hydrogen) atoms. The second-order valence-electron chi connectivity index (χ2n) is 4.13. The highest BCUT2D eigenvalue weighted by atomic mass is 16.5. The summed E-state index contributed by atoms with van der Waals surface area (Å²) in [6.07, 6.45) is 0. The largest absolute Gasteiger partial charge is 0.491 e. The van der Waals surface area contributed by atoms with Gasteiger partial charge in [-0.1, -0.05) is 0 Å².